The van der Waals surface area contributed by atoms with Crippen molar-refractivity contribution in [3.8, 4) is 17.2 Å². The molecule has 6 rings (SSSR count). The van der Waals surface area contributed by atoms with E-state index in [-0.39, 0.29) is 11.8 Å². The van der Waals surface area contributed by atoms with Crippen LogP contribution in [-0.4, -0.2) is 92.9 Å². The summed E-state index contributed by atoms with van der Waals surface area (Å²) in [6, 6.07) is 26.8. The first-order valence-electron chi connectivity index (χ1n) is 16.5. The maximum absolute atomic E-state index is 13.7. The number of aromatic nitrogens is 2. The molecule has 1 aliphatic heterocycles. The first-order chi connectivity index (χ1) is 23.5. The van der Waals surface area contributed by atoms with Crippen molar-refractivity contribution in [2.24, 2.45) is 0 Å². The number of hydrogen-bond acceptors (Lipinski definition) is 8. The van der Waals surface area contributed by atoms with E-state index in [2.05, 4.69) is 80.4 Å². The Labute approximate surface area is 287 Å². The second-order valence-corrected chi connectivity index (χ2v) is 13.3. The highest BCUT2D eigenvalue weighted by Crippen LogP contribution is 2.38. The van der Waals surface area contributed by atoms with E-state index in [4.69, 9.17) is 19.2 Å². The molecular formula is C38H45N5O4S. The number of amides is 1. The van der Waals surface area contributed by atoms with Gasteiger partial charge in [0, 0.05) is 49.6 Å². The van der Waals surface area contributed by atoms with Crippen LogP contribution >= 0.6 is 11.3 Å². The number of fused-ring (bicyclic) bond motifs is 1. The van der Waals surface area contributed by atoms with E-state index < -0.39 is 0 Å². The largest absolute Gasteiger partial charge is 0.493 e. The number of imidazole rings is 1. The number of rotatable bonds is 13. The normalized spacial score (nSPS) is 14.5. The Bertz CT molecular complexity index is 1770. The van der Waals surface area contributed by atoms with E-state index in [1.165, 1.54) is 16.0 Å². The lowest BCUT2D eigenvalue weighted by atomic mass is 9.94. The predicted octanol–water partition coefficient (Wildman–Crippen LogP) is 6.63. The van der Waals surface area contributed by atoms with Crippen molar-refractivity contribution < 1.29 is 19.0 Å². The molecule has 5 aromatic rings. The van der Waals surface area contributed by atoms with Gasteiger partial charge >= 0.3 is 0 Å². The average Bonchev–Trinajstić information content (AvgIpc) is 3.71. The van der Waals surface area contributed by atoms with Gasteiger partial charge in [-0.25, -0.2) is 4.98 Å². The Balaban J connectivity index is 1.14. The second kappa shape index (κ2) is 15.6. The van der Waals surface area contributed by atoms with Crippen LogP contribution in [0.15, 0.2) is 84.2 Å². The van der Waals surface area contributed by atoms with Crippen molar-refractivity contribution in [3.05, 3.63) is 100 Å². The molecule has 1 saturated heterocycles. The highest BCUT2D eigenvalue weighted by molar-refractivity contribution is 7.09. The zero-order chi connectivity index (χ0) is 33.5. The summed E-state index contributed by atoms with van der Waals surface area (Å²) in [5, 5.41) is 2.14. The van der Waals surface area contributed by atoms with Crippen molar-refractivity contribution in [2.45, 2.75) is 25.3 Å². The smallest absolute Gasteiger partial charge is 0.253 e. The van der Waals surface area contributed by atoms with E-state index in [1.54, 1.807) is 49.7 Å². The standard InChI is InChI=1S/C38H45N5O4S/c1-40(37(44)30-24-34(45-2)36(47-4)35(25-30)46-3)26-29(28-12-6-5-7-13-28)17-20-41-18-11-19-42(22-21-41)38-39-32-15-8-9-16-33(32)43(38)27-31-14-10-23-48-31/h5-10,12-16,23-25,29H,11,17-22,26-27H2,1-4H3. The number of para-hydroxylation sites is 2. The molecule has 2 aromatic heterocycles. The van der Waals surface area contributed by atoms with Crippen LogP contribution in [-0.2, 0) is 6.54 Å². The van der Waals surface area contributed by atoms with Crippen LogP contribution in [0.3, 0.4) is 0 Å². The number of thiophene rings is 1. The van der Waals surface area contributed by atoms with Crippen molar-refractivity contribution >= 4 is 34.2 Å². The van der Waals surface area contributed by atoms with E-state index in [9.17, 15) is 4.79 Å². The van der Waals surface area contributed by atoms with E-state index in [1.807, 2.05) is 13.1 Å². The lowest BCUT2D eigenvalue weighted by Crippen LogP contribution is -2.35. The Morgan fingerprint density at radius 2 is 1.65 bits per heavy atom. The van der Waals surface area contributed by atoms with Gasteiger partial charge in [-0.15, -0.1) is 11.3 Å². The molecule has 1 fully saturated rings. The summed E-state index contributed by atoms with van der Waals surface area (Å²) in [4.78, 5) is 27.0. The van der Waals surface area contributed by atoms with Gasteiger partial charge in [0.05, 0.1) is 38.9 Å². The summed E-state index contributed by atoms with van der Waals surface area (Å²) in [6.07, 6.45) is 2.01. The highest BCUT2D eigenvalue weighted by atomic mass is 32.1. The third kappa shape index (κ3) is 7.45. The van der Waals surface area contributed by atoms with E-state index >= 15 is 0 Å². The number of nitrogens with zero attached hydrogens (tertiary/aromatic N) is 5. The number of benzene rings is 3. The molecule has 0 radical (unpaired) electrons. The SMILES string of the molecule is COc1cc(C(=O)N(C)CC(CCN2CCCN(c3nc4ccccc4n3Cc3cccs3)CC2)c2ccccc2)cc(OC)c1OC. The molecule has 1 amide bonds. The van der Waals surface area contributed by atoms with Gasteiger partial charge in [-0.1, -0.05) is 48.5 Å². The van der Waals surface area contributed by atoms with Gasteiger partial charge < -0.3 is 33.5 Å². The molecule has 1 atom stereocenters. The Morgan fingerprint density at radius 1 is 0.896 bits per heavy atom. The van der Waals surface area contributed by atoms with E-state index in [0.717, 1.165) is 63.6 Å². The molecule has 0 aliphatic carbocycles. The van der Waals surface area contributed by atoms with Gasteiger partial charge in [0.1, 0.15) is 0 Å². The van der Waals surface area contributed by atoms with Gasteiger partial charge in [-0.05, 0) is 67.2 Å². The van der Waals surface area contributed by atoms with Crippen LogP contribution in [0.25, 0.3) is 11.0 Å². The van der Waals surface area contributed by atoms with Crippen LogP contribution < -0.4 is 19.1 Å². The maximum Gasteiger partial charge on any atom is 0.253 e. The first-order valence-corrected chi connectivity index (χ1v) is 17.4. The molecule has 48 heavy (non-hydrogen) atoms. The van der Waals surface area contributed by atoms with Crippen LogP contribution in [0.4, 0.5) is 5.95 Å². The average molecular weight is 668 g/mol. The van der Waals surface area contributed by atoms with Crippen LogP contribution in [0.1, 0.15) is 39.6 Å². The molecule has 0 N–H and O–H groups in total. The minimum Gasteiger partial charge on any atom is -0.493 e. The molecule has 252 valence electrons. The Hall–Kier alpha value is -4.54. The number of carbonyl (C=O) groups excluding carboxylic acids is 1. The van der Waals surface area contributed by atoms with Crippen molar-refractivity contribution in [2.75, 3.05) is 72.5 Å². The van der Waals surface area contributed by atoms with Gasteiger partial charge in [-0.2, -0.15) is 0 Å². The third-order valence-corrected chi connectivity index (χ3v) is 10.1. The molecule has 0 saturated carbocycles. The highest BCUT2D eigenvalue weighted by Gasteiger charge is 2.25. The van der Waals surface area contributed by atoms with Crippen LogP contribution in [0, 0.1) is 0 Å². The lowest BCUT2D eigenvalue weighted by Gasteiger charge is -2.28. The molecule has 1 unspecified atom stereocenters. The summed E-state index contributed by atoms with van der Waals surface area (Å²) in [7, 11) is 6.55. The Morgan fingerprint density at radius 3 is 2.35 bits per heavy atom. The molecular weight excluding hydrogens is 623 g/mol. The number of anilines is 1. The lowest BCUT2D eigenvalue weighted by molar-refractivity contribution is 0.0782. The summed E-state index contributed by atoms with van der Waals surface area (Å²) < 4.78 is 18.9. The second-order valence-electron chi connectivity index (χ2n) is 12.2. The molecule has 9 nitrogen and oxygen atoms in total. The zero-order valence-corrected chi connectivity index (χ0v) is 29.1. The Kier molecular flexibility index (Phi) is 10.8. The molecule has 3 aromatic carbocycles. The number of carbonyl (C=O) groups is 1. The quantitative estimate of drug-likeness (QED) is 0.140. The van der Waals surface area contributed by atoms with E-state index in [0.29, 0.717) is 29.4 Å². The maximum atomic E-state index is 13.7. The first kappa shape index (κ1) is 33.4. The van der Waals surface area contributed by atoms with Gasteiger partial charge in [0.2, 0.25) is 11.7 Å². The predicted molar refractivity (Wildman–Crippen MR) is 193 cm³/mol. The minimum atomic E-state index is -0.0916. The molecule has 0 spiro atoms. The fourth-order valence-corrected chi connectivity index (χ4v) is 7.37. The van der Waals surface area contributed by atoms with Gasteiger partial charge in [0.25, 0.3) is 5.91 Å². The van der Waals surface area contributed by atoms with Crippen LogP contribution in [0.5, 0.6) is 17.2 Å². The van der Waals surface area contributed by atoms with Crippen LogP contribution in [0.2, 0.25) is 0 Å². The van der Waals surface area contributed by atoms with Gasteiger partial charge in [0.15, 0.2) is 11.5 Å². The number of methoxy groups -OCH3 is 3. The summed E-state index contributed by atoms with van der Waals surface area (Å²) in [5.74, 6) is 2.54. The topological polar surface area (TPSA) is 72.3 Å². The van der Waals surface area contributed by atoms with Gasteiger partial charge in [-0.3, -0.25) is 4.79 Å². The van der Waals surface area contributed by atoms with Crippen molar-refractivity contribution in [3.63, 3.8) is 0 Å². The molecule has 3 heterocycles. The third-order valence-electron chi connectivity index (χ3n) is 9.22. The fourth-order valence-electron chi connectivity index (χ4n) is 6.68. The molecule has 10 heteroatoms. The summed E-state index contributed by atoms with van der Waals surface area (Å²) in [6.45, 7) is 6.25. The number of hydrogen-bond donors (Lipinski definition) is 0. The number of ether oxygens (including phenoxy) is 3. The fraction of sp³-hybridized carbons (Fsp3) is 0.368. The monoisotopic (exact) mass is 667 g/mol. The number of likely N-dealkylation sites (N-methyl/N-ethyl adjacent to an activating group) is 1. The zero-order valence-electron chi connectivity index (χ0n) is 28.3. The summed E-state index contributed by atoms with van der Waals surface area (Å²) >= 11 is 1.79. The molecule has 0 bridgehead atoms. The summed E-state index contributed by atoms with van der Waals surface area (Å²) in [5.41, 5.74) is 3.95. The van der Waals surface area contributed by atoms with Crippen molar-refractivity contribution in [1.29, 1.82) is 0 Å². The molecule has 1 aliphatic rings. The minimum absolute atomic E-state index is 0.0916. The van der Waals surface area contributed by atoms with Crippen molar-refractivity contribution in [1.82, 2.24) is 19.4 Å².